The van der Waals surface area contributed by atoms with Gasteiger partial charge in [-0.3, -0.25) is 0 Å². The number of sulfonamides is 1. The van der Waals surface area contributed by atoms with Gasteiger partial charge < -0.3 is 14.6 Å². The highest BCUT2D eigenvalue weighted by molar-refractivity contribution is 7.89. The predicted molar refractivity (Wildman–Crippen MR) is 80.5 cm³/mol. The standard InChI is InChI=1S/C14H16N4O5S/c15-24(20,21)11-3-1-2-9(6-11)18-7-12(16-17-18)14(19)5-4-10-8-22-13(14)23-10/h1-3,6-7,10,13,19H,4-5,8H2,(H2,15,20,21)/t10-,13+,14?/m0/s1. The molecule has 0 amide bonds. The Balaban J connectivity index is 1.68. The molecular formula is C14H16N4O5S. The van der Waals surface area contributed by atoms with Crippen molar-refractivity contribution in [2.45, 2.75) is 35.7 Å². The molecule has 10 heteroatoms. The molecule has 2 fully saturated rings. The van der Waals surface area contributed by atoms with Crippen LogP contribution < -0.4 is 5.14 Å². The summed E-state index contributed by atoms with van der Waals surface area (Å²) >= 11 is 0. The summed E-state index contributed by atoms with van der Waals surface area (Å²) in [4.78, 5) is -0.0290. The number of rotatable bonds is 3. The molecule has 4 rings (SSSR count). The largest absolute Gasteiger partial charge is 0.378 e. The highest BCUT2D eigenvalue weighted by Gasteiger charge is 2.51. The van der Waals surface area contributed by atoms with Crippen LogP contribution in [0.2, 0.25) is 0 Å². The van der Waals surface area contributed by atoms with Crippen LogP contribution in [0, 0.1) is 0 Å². The molecule has 1 aromatic heterocycles. The van der Waals surface area contributed by atoms with Crippen molar-refractivity contribution in [2.75, 3.05) is 6.61 Å². The van der Waals surface area contributed by atoms with E-state index in [9.17, 15) is 13.5 Å². The molecule has 9 nitrogen and oxygen atoms in total. The van der Waals surface area contributed by atoms with Gasteiger partial charge in [-0.15, -0.1) is 5.10 Å². The number of ether oxygens (including phenoxy) is 2. The molecular weight excluding hydrogens is 336 g/mol. The molecule has 2 bridgehead atoms. The fourth-order valence-electron chi connectivity index (χ4n) is 2.99. The smallest absolute Gasteiger partial charge is 0.238 e. The average molecular weight is 352 g/mol. The second-order valence-electron chi connectivity index (χ2n) is 5.98. The third-order valence-electron chi connectivity index (χ3n) is 4.33. The summed E-state index contributed by atoms with van der Waals surface area (Å²) in [5, 5.41) is 24.0. The monoisotopic (exact) mass is 352 g/mol. The van der Waals surface area contributed by atoms with Crippen LogP contribution in [0.5, 0.6) is 0 Å². The maximum absolute atomic E-state index is 11.5. The van der Waals surface area contributed by atoms with Crippen molar-refractivity contribution in [1.29, 1.82) is 0 Å². The lowest BCUT2D eigenvalue weighted by Gasteiger charge is -2.34. The molecule has 3 heterocycles. The van der Waals surface area contributed by atoms with Crippen molar-refractivity contribution in [3.05, 3.63) is 36.2 Å². The maximum Gasteiger partial charge on any atom is 0.238 e. The molecule has 1 unspecified atom stereocenters. The lowest BCUT2D eigenvalue weighted by molar-refractivity contribution is -0.219. The van der Waals surface area contributed by atoms with Gasteiger partial charge in [0.15, 0.2) is 11.9 Å². The van der Waals surface area contributed by atoms with E-state index in [2.05, 4.69) is 10.3 Å². The Morgan fingerprint density at radius 3 is 3.04 bits per heavy atom. The molecule has 2 aliphatic heterocycles. The summed E-state index contributed by atoms with van der Waals surface area (Å²) in [5.74, 6) is 0. The van der Waals surface area contributed by atoms with E-state index in [0.717, 1.165) is 0 Å². The van der Waals surface area contributed by atoms with Crippen LogP contribution in [-0.2, 0) is 25.1 Å². The van der Waals surface area contributed by atoms with Gasteiger partial charge in [0, 0.05) is 0 Å². The summed E-state index contributed by atoms with van der Waals surface area (Å²) in [7, 11) is -3.82. The molecule has 3 atom stereocenters. The summed E-state index contributed by atoms with van der Waals surface area (Å²) in [6, 6.07) is 6.00. The molecule has 0 radical (unpaired) electrons. The zero-order chi connectivity index (χ0) is 16.9. The van der Waals surface area contributed by atoms with Gasteiger partial charge in [0.25, 0.3) is 0 Å². The van der Waals surface area contributed by atoms with E-state index in [1.165, 1.54) is 23.0 Å². The van der Waals surface area contributed by atoms with Crippen LogP contribution in [0.4, 0.5) is 0 Å². The summed E-state index contributed by atoms with van der Waals surface area (Å²) < 4.78 is 35.4. The molecule has 1 aromatic carbocycles. The Kier molecular flexibility index (Phi) is 3.48. The highest BCUT2D eigenvalue weighted by atomic mass is 32.2. The first-order chi connectivity index (χ1) is 11.4. The molecule has 0 aliphatic carbocycles. The van der Waals surface area contributed by atoms with Crippen LogP contribution in [0.25, 0.3) is 5.69 Å². The number of nitrogens with two attached hydrogens (primary N) is 1. The number of aromatic nitrogens is 3. The zero-order valence-corrected chi connectivity index (χ0v) is 13.4. The summed E-state index contributed by atoms with van der Waals surface area (Å²) in [5.41, 5.74) is -0.595. The van der Waals surface area contributed by atoms with E-state index in [1.807, 2.05) is 0 Å². The number of nitrogens with zero attached hydrogens (tertiary/aromatic N) is 3. The number of aliphatic hydroxyl groups is 1. The molecule has 2 aromatic rings. The van der Waals surface area contributed by atoms with E-state index >= 15 is 0 Å². The van der Waals surface area contributed by atoms with E-state index in [0.29, 0.717) is 30.8 Å². The minimum Gasteiger partial charge on any atom is -0.378 e. The molecule has 2 saturated heterocycles. The highest BCUT2D eigenvalue weighted by Crippen LogP contribution is 2.41. The number of primary sulfonamides is 1. The maximum atomic E-state index is 11.5. The first kappa shape index (κ1) is 15.7. The van der Waals surface area contributed by atoms with E-state index in [1.54, 1.807) is 12.1 Å². The second-order valence-corrected chi connectivity index (χ2v) is 7.54. The van der Waals surface area contributed by atoms with Gasteiger partial charge >= 0.3 is 0 Å². The number of hydrogen-bond donors (Lipinski definition) is 2. The van der Waals surface area contributed by atoms with Crippen molar-refractivity contribution in [1.82, 2.24) is 15.0 Å². The fourth-order valence-corrected chi connectivity index (χ4v) is 3.54. The molecule has 24 heavy (non-hydrogen) atoms. The van der Waals surface area contributed by atoms with Crippen LogP contribution >= 0.6 is 0 Å². The van der Waals surface area contributed by atoms with Crippen LogP contribution in [0.1, 0.15) is 18.5 Å². The Labute approximate surface area is 138 Å². The normalized spacial score (nSPS) is 29.8. The first-order valence-corrected chi connectivity index (χ1v) is 8.96. The van der Waals surface area contributed by atoms with Gasteiger partial charge in [-0.2, -0.15) is 0 Å². The van der Waals surface area contributed by atoms with Crippen molar-refractivity contribution in [2.24, 2.45) is 5.14 Å². The quantitative estimate of drug-likeness (QED) is 0.771. The van der Waals surface area contributed by atoms with Crippen LogP contribution in [0.15, 0.2) is 35.4 Å². The van der Waals surface area contributed by atoms with Gasteiger partial charge in [0.1, 0.15) is 5.69 Å². The number of hydrogen-bond acceptors (Lipinski definition) is 7. The summed E-state index contributed by atoms with van der Waals surface area (Å²) in [6.07, 6.45) is 1.90. The Hall–Kier alpha value is -1.85. The summed E-state index contributed by atoms with van der Waals surface area (Å²) in [6.45, 7) is 0.456. The van der Waals surface area contributed by atoms with Gasteiger partial charge in [-0.25, -0.2) is 18.2 Å². The van der Waals surface area contributed by atoms with Crippen LogP contribution in [0.3, 0.4) is 0 Å². The minimum atomic E-state index is -3.82. The Morgan fingerprint density at radius 2 is 2.25 bits per heavy atom. The SMILES string of the molecule is NS(=O)(=O)c1cccc(-n2cc(C3(O)CC[C@H]4CO[C@@H]3O4)nn2)c1. The third kappa shape index (κ3) is 2.52. The predicted octanol–water partition coefficient (Wildman–Crippen LogP) is -0.362. The van der Waals surface area contributed by atoms with Gasteiger partial charge in [-0.1, -0.05) is 11.3 Å². The minimum absolute atomic E-state index is 0.0109. The van der Waals surface area contributed by atoms with E-state index < -0.39 is 21.9 Å². The van der Waals surface area contributed by atoms with E-state index in [-0.39, 0.29) is 11.0 Å². The number of fused-ring (bicyclic) bond motifs is 2. The number of benzene rings is 1. The van der Waals surface area contributed by atoms with E-state index in [4.69, 9.17) is 14.6 Å². The van der Waals surface area contributed by atoms with Crippen LogP contribution in [-0.4, -0.2) is 47.5 Å². The lowest BCUT2D eigenvalue weighted by atomic mass is 9.90. The van der Waals surface area contributed by atoms with Gasteiger partial charge in [0.2, 0.25) is 10.0 Å². The van der Waals surface area contributed by atoms with Crippen molar-refractivity contribution in [3.63, 3.8) is 0 Å². The lowest BCUT2D eigenvalue weighted by Crippen LogP contribution is -2.44. The molecule has 0 spiro atoms. The molecule has 2 aliphatic rings. The fraction of sp³-hybridized carbons (Fsp3) is 0.429. The van der Waals surface area contributed by atoms with Gasteiger partial charge in [0.05, 0.1) is 29.5 Å². The molecule has 3 N–H and O–H groups in total. The Morgan fingerprint density at radius 1 is 1.42 bits per heavy atom. The second kappa shape index (κ2) is 5.33. The van der Waals surface area contributed by atoms with Gasteiger partial charge in [-0.05, 0) is 31.0 Å². The zero-order valence-electron chi connectivity index (χ0n) is 12.6. The average Bonchev–Trinajstić information content (AvgIpc) is 3.20. The topological polar surface area (TPSA) is 130 Å². The first-order valence-electron chi connectivity index (χ1n) is 7.42. The Bertz CT molecular complexity index is 883. The third-order valence-corrected chi connectivity index (χ3v) is 5.25. The van der Waals surface area contributed by atoms with Crippen molar-refractivity contribution < 1.29 is 23.0 Å². The van der Waals surface area contributed by atoms with Crippen molar-refractivity contribution >= 4 is 10.0 Å². The van der Waals surface area contributed by atoms with Crippen molar-refractivity contribution in [3.8, 4) is 5.69 Å². The molecule has 128 valence electrons. The molecule has 0 saturated carbocycles.